The molecule has 1 N–H and O–H groups in total. The van der Waals surface area contributed by atoms with Crippen molar-refractivity contribution < 1.29 is 4.79 Å². The van der Waals surface area contributed by atoms with Gasteiger partial charge >= 0.3 is 0 Å². The molecule has 0 unspecified atom stereocenters. The molecule has 0 bridgehead atoms. The standard InChI is InChI=1S/C26H34N2O/c29-26(27-20-21-15-17-28(18-16-21)24-13-7-8-14-24)19-25(22-9-3-1-4-10-22)23-11-5-2-6-12-23/h1-6,9-12,21,24-25H,7-8,13-20H2,(H,27,29). The van der Waals surface area contributed by atoms with Crippen LogP contribution in [0.25, 0.3) is 0 Å². The number of benzene rings is 2. The van der Waals surface area contributed by atoms with Gasteiger partial charge in [-0.05, 0) is 55.8 Å². The number of nitrogens with one attached hydrogen (secondary N) is 1. The molecule has 3 nitrogen and oxygen atoms in total. The highest BCUT2D eigenvalue weighted by atomic mass is 16.1. The van der Waals surface area contributed by atoms with E-state index < -0.39 is 0 Å². The number of hydrogen-bond acceptors (Lipinski definition) is 2. The summed E-state index contributed by atoms with van der Waals surface area (Å²) in [6, 6.07) is 21.6. The van der Waals surface area contributed by atoms with E-state index in [-0.39, 0.29) is 11.8 Å². The third-order valence-corrected chi connectivity index (χ3v) is 6.87. The maximum atomic E-state index is 12.8. The van der Waals surface area contributed by atoms with Crippen LogP contribution >= 0.6 is 0 Å². The fourth-order valence-corrected chi connectivity index (χ4v) is 5.11. The van der Waals surface area contributed by atoms with Crippen LogP contribution in [0.2, 0.25) is 0 Å². The SMILES string of the molecule is O=C(CC(c1ccccc1)c1ccccc1)NCC1CCN(C2CCCC2)CC1. The molecule has 0 aromatic heterocycles. The summed E-state index contributed by atoms with van der Waals surface area (Å²) < 4.78 is 0. The van der Waals surface area contributed by atoms with E-state index in [0.717, 1.165) is 12.6 Å². The molecule has 1 saturated heterocycles. The molecule has 0 atom stereocenters. The second-order valence-electron chi connectivity index (χ2n) is 8.80. The van der Waals surface area contributed by atoms with Crippen molar-refractivity contribution in [2.24, 2.45) is 5.92 Å². The molecule has 154 valence electrons. The number of piperidine rings is 1. The monoisotopic (exact) mass is 390 g/mol. The van der Waals surface area contributed by atoms with E-state index in [1.807, 2.05) is 12.1 Å². The van der Waals surface area contributed by atoms with Crippen LogP contribution in [0.3, 0.4) is 0 Å². The molecule has 0 spiro atoms. The first-order valence-corrected chi connectivity index (χ1v) is 11.4. The van der Waals surface area contributed by atoms with Crippen LogP contribution in [0, 0.1) is 5.92 Å². The van der Waals surface area contributed by atoms with Crippen LogP contribution in [0.4, 0.5) is 0 Å². The topological polar surface area (TPSA) is 32.3 Å². The van der Waals surface area contributed by atoms with Crippen LogP contribution in [-0.2, 0) is 4.79 Å². The highest BCUT2D eigenvalue weighted by Crippen LogP contribution is 2.29. The fraction of sp³-hybridized carbons (Fsp3) is 0.500. The van der Waals surface area contributed by atoms with E-state index in [2.05, 4.69) is 58.7 Å². The van der Waals surface area contributed by atoms with Crippen molar-refractivity contribution in [3.05, 3.63) is 71.8 Å². The first kappa shape index (κ1) is 20.2. The Morgan fingerprint density at radius 1 is 0.862 bits per heavy atom. The first-order valence-electron chi connectivity index (χ1n) is 11.4. The minimum atomic E-state index is 0.113. The van der Waals surface area contributed by atoms with Crippen LogP contribution in [0.1, 0.15) is 62.0 Å². The van der Waals surface area contributed by atoms with Gasteiger partial charge in [-0.15, -0.1) is 0 Å². The first-order chi connectivity index (χ1) is 14.3. The van der Waals surface area contributed by atoms with Crippen LogP contribution in [0.5, 0.6) is 0 Å². The van der Waals surface area contributed by atoms with E-state index in [9.17, 15) is 4.79 Å². The molecule has 4 rings (SSSR count). The molecule has 1 heterocycles. The maximum Gasteiger partial charge on any atom is 0.220 e. The molecule has 1 aliphatic heterocycles. The highest BCUT2D eigenvalue weighted by molar-refractivity contribution is 5.77. The quantitative estimate of drug-likeness (QED) is 0.723. The van der Waals surface area contributed by atoms with Gasteiger partial charge in [-0.2, -0.15) is 0 Å². The van der Waals surface area contributed by atoms with Gasteiger partial charge < -0.3 is 10.2 Å². The highest BCUT2D eigenvalue weighted by Gasteiger charge is 2.27. The van der Waals surface area contributed by atoms with Crippen molar-refractivity contribution in [2.75, 3.05) is 19.6 Å². The molecule has 2 aliphatic rings. The number of nitrogens with zero attached hydrogens (tertiary/aromatic N) is 1. The molecular weight excluding hydrogens is 356 g/mol. The van der Waals surface area contributed by atoms with E-state index in [0.29, 0.717) is 12.3 Å². The Kier molecular flexibility index (Phi) is 7.00. The summed E-state index contributed by atoms with van der Waals surface area (Å²) in [6.07, 6.45) is 8.54. The van der Waals surface area contributed by atoms with Gasteiger partial charge in [0.2, 0.25) is 5.91 Å². The molecule has 29 heavy (non-hydrogen) atoms. The number of hydrogen-bond donors (Lipinski definition) is 1. The van der Waals surface area contributed by atoms with Crippen LogP contribution in [-0.4, -0.2) is 36.5 Å². The molecule has 0 radical (unpaired) electrons. The number of rotatable bonds is 7. The Morgan fingerprint density at radius 2 is 1.41 bits per heavy atom. The average molecular weight is 391 g/mol. The average Bonchev–Trinajstić information content (AvgIpc) is 3.33. The predicted molar refractivity (Wildman–Crippen MR) is 119 cm³/mol. The van der Waals surface area contributed by atoms with Gasteiger partial charge in [-0.3, -0.25) is 4.79 Å². The van der Waals surface area contributed by atoms with Gasteiger partial charge in [-0.25, -0.2) is 0 Å². The van der Waals surface area contributed by atoms with Crippen molar-refractivity contribution in [1.82, 2.24) is 10.2 Å². The molecule has 2 aromatic carbocycles. The lowest BCUT2D eigenvalue weighted by Gasteiger charge is -2.36. The molecule has 1 amide bonds. The number of carbonyl (C=O) groups is 1. The smallest absolute Gasteiger partial charge is 0.220 e. The zero-order valence-corrected chi connectivity index (χ0v) is 17.4. The summed E-state index contributed by atoms with van der Waals surface area (Å²) in [5, 5.41) is 3.25. The van der Waals surface area contributed by atoms with E-state index in [1.165, 1.54) is 62.7 Å². The summed E-state index contributed by atoms with van der Waals surface area (Å²) in [4.78, 5) is 15.5. The molecular formula is C26H34N2O. The zero-order valence-electron chi connectivity index (χ0n) is 17.4. The Bertz CT molecular complexity index is 707. The zero-order chi connectivity index (χ0) is 19.9. The summed E-state index contributed by atoms with van der Waals surface area (Å²) in [5.74, 6) is 0.908. The lowest BCUT2D eigenvalue weighted by molar-refractivity contribution is -0.121. The summed E-state index contributed by atoms with van der Waals surface area (Å²) >= 11 is 0. The number of carbonyl (C=O) groups excluding carboxylic acids is 1. The molecule has 2 fully saturated rings. The van der Waals surface area contributed by atoms with E-state index >= 15 is 0 Å². The van der Waals surface area contributed by atoms with Gasteiger partial charge in [0.05, 0.1) is 0 Å². The molecule has 3 heteroatoms. The summed E-state index contributed by atoms with van der Waals surface area (Å²) in [7, 11) is 0. The Balaban J connectivity index is 1.29. The van der Waals surface area contributed by atoms with Crippen molar-refractivity contribution in [3.8, 4) is 0 Å². The molecule has 1 aliphatic carbocycles. The third-order valence-electron chi connectivity index (χ3n) is 6.87. The van der Waals surface area contributed by atoms with Crippen molar-refractivity contribution in [3.63, 3.8) is 0 Å². The van der Waals surface area contributed by atoms with Gasteiger partial charge in [0, 0.05) is 24.9 Å². The second-order valence-corrected chi connectivity index (χ2v) is 8.80. The number of amides is 1. The van der Waals surface area contributed by atoms with Crippen molar-refractivity contribution >= 4 is 5.91 Å². The minimum Gasteiger partial charge on any atom is -0.356 e. The van der Waals surface area contributed by atoms with E-state index in [4.69, 9.17) is 0 Å². The Morgan fingerprint density at radius 3 is 1.97 bits per heavy atom. The van der Waals surface area contributed by atoms with Crippen molar-refractivity contribution in [1.29, 1.82) is 0 Å². The van der Waals surface area contributed by atoms with Gasteiger partial charge in [0.1, 0.15) is 0 Å². The lowest BCUT2D eigenvalue weighted by atomic mass is 9.88. The van der Waals surface area contributed by atoms with Crippen LogP contribution < -0.4 is 5.32 Å². The fourth-order valence-electron chi connectivity index (χ4n) is 5.11. The molecule has 2 aromatic rings. The van der Waals surface area contributed by atoms with Gasteiger partial charge in [0.25, 0.3) is 0 Å². The van der Waals surface area contributed by atoms with E-state index in [1.54, 1.807) is 0 Å². The normalized spacial score (nSPS) is 18.9. The van der Waals surface area contributed by atoms with Crippen LogP contribution in [0.15, 0.2) is 60.7 Å². The minimum absolute atomic E-state index is 0.113. The van der Waals surface area contributed by atoms with Gasteiger partial charge in [-0.1, -0.05) is 73.5 Å². The summed E-state index contributed by atoms with van der Waals surface area (Å²) in [5.41, 5.74) is 2.41. The maximum absolute atomic E-state index is 12.8. The second kappa shape index (κ2) is 10.1. The predicted octanol–water partition coefficient (Wildman–Crippen LogP) is 4.98. The lowest BCUT2D eigenvalue weighted by Crippen LogP contribution is -2.42. The third kappa shape index (κ3) is 5.48. The Hall–Kier alpha value is -2.13. The van der Waals surface area contributed by atoms with Gasteiger partial charge in [0.15, 0.2) is 0 Å². The largest absolute Gasteiger partial charge is 0.356 e. The Labute approximate surface area is 175 Å². The van der Waals surface area contributed by atoms with Crippen molar-refractivity contribution in [2.45, 2.75) is 56.9 Å². The number of likely N-dealkylation sites (tertiary alicyclic amines) is 1. The molecule has 1 saturated carbocycles. The summed E-state index contributed by atoms with van der Waals surface area (Å²) in [6.45, 7) is 3.25.